The van der Waals surface area contributed by atoms with Gasteiger partial charge in [0, 0.05) is 19.4 Å². The summed E-state index contributed by atoms with van der Waals surface area (Å²) in [7, 11) is 0. The van der Waals surface area contributed by atoms with Gasteiger partial charge in [-0.1, -0.05) is 137 Å². The Bertz CT molecular complexity index is 1850. The van der Waals surface area contributed by atoms with Gasteiger partial charge >= 0.3 is 17.9 Å². The van der Waals surface area contributed by atoms with Gasteiger partial charge in [0.15, 0.2) is 0 Å². The van der Waals surface area contributed by atoms with E-state index in [1.807, 2.05) is 0 Å². The van der Waals surface area contributed by atoms with Crippen molar-refractivity contribution < 1.29 is 28.6 Å². The molecule has 0 unspecified atom stereocenters. The van der Waals surface area contributed by atoms with E-state index < -0.39 is 24.0 Å². The molecule has 0 radical (unpaired) electrons. The molecule has 0 spiro atoms. The molecule has 9 aliphatic rings. The minimum atomic E-state index is -1.70. The van der Waals surface area contributed by atoms with Gasteiger partial charge in [0.1, 0.15) is 12.2 Å². The van der Waals surface area contributed by atoms with Crippen LogP contribution in [0.1, 0.15) is 236 Å². The number of allylic oxidation sites excluding steroid dienone is 2. The lowest BCUT2D eigenvalue weighted by Gasteiger charge is -2.58. The largest absolute Gasteiger partial charge is 0.459 e. The zero-order chi connectivity index (χ0) is 51.2. The molecule has 9 rings (SSSR count). The van der Waals surface area contributed by atoms with Crippen LogP contribution in [0.15, 0.2) is 23.3 Å². The quantitative estimate of drug-likeness (QED) is 0.0585. The standard InChI is InChI=1S/C65H105NO6/c1-42(2)16-14-18-44(5)52-24-26-54-50-22-20-46-40-48(28-33-62(46,7)56(50)30-35-64(52,54)9)70-60(68)59(72-58(67)32-39-66-37-12-11-13-38-66)61(69)71-49-29-34-63(8)47(41-49)21-23-51-55-27-25-53(45(6)19-15-17-43(3)4)65(55,10)36-31-57(51)63/h20-21,42-45,48-57,59H,11-19,22-41H2,1-10H3/t44-,45-,48+,49+,50+,51+,52-,53-,54+,55+,56+,57+,62+,63+,64-,65-/m1/s1. The molecule has 0 aromatic rings. The maximum Gasteiger partial charge on any atom is 0.359 e. The van der Waals surface area contributed by atoms with E-state index >= 15 is 0 Å². The predicted molar refractivity (Wildman–Crippen MR) is 291 cm³/mol. The van der Waals surface area contributed by atoms with Crippen LogP contribution in [-0.4, -0.2) is 60.8 Å². The highest BCUT2D eigenvalue weighted by molar-refractivity contribution is 6.00. The van der Waals surface area contributed by atoms with Crippen LogP contribution in [-0.2, 0) is 28.6 Å². The normalized spacial score (nSPS) is 40.8. The molecule has 1 heterocycles. The molecule has 7 heteroatoms. The molecule has 72 heavy (non-hydrogen) atoms. The molecule has 6 saturated carbocycles. The predicted octanol–water partition coefficient (Wildman–Crippen LogP) is 15.7. The minimum Gasteiger partial charge on any atom is -0.459 e. The lowest BCUT2D eigenvalue weighted by atomic mass is 9.47. The van der Waals surface area contributed by atoms with E-state index in [1.54, 1.807) is 0 Å². The lowest BCUT2D eigenvalue weighted by molar-refractivity contribution is -0.187. The number of hydrogen-bond donors (Lipinski definition) is 0. The molecule has 16 atom stereocenters. The molecule has 0 N–H and O–H groups in total. The fourth-order valence-electron chi connectivity index (χ4n) is 19.8. The van der Waals surface area contributed by atoms with Gasteiger partial charge in [0.05, 0.1) is 6.42 Å². The first-order chi connectivity index (χ1) is 34.3. The number of likely N-dealkylation sites (tertiary alicyclic amines) is 1. The van der Waals surface area contributed by atoms with Crippen molar-refractivity contribution in [3.63, 3.8) is 0 Å². The summed E-state index contributed by atoms with van der Waals surface area (Å²) in [5, 5.41) is 0. The number of carbonyl (C=O) groups excluding carboxylic acids is 3. The zero-order valence-electron chi connectivity index (χ0n) is 47.7. The number of fused-ring (bicyclic) bond motifs is 10. The summed E-state index contributed by atoms with van der Waals surface area (Å²) in [4.78, 5) is 44.7. The number of piperidine rings is 1. The summed E-state index contributed by atoms with van der Waals surface area (Å²) in [6.45, 7) is 27.4. The third-order valence-corrected chi connectivity index (χ3v) is 23.8. The molecule has 7 nitrogen and oxygen atoms in total. The SMILES string of the molecule is CC(C)CCC[C@@H](C)[C@H]1CC[C@H]2[C@@H]3CC=C4C[C@@H](OC(=O)C(OC(=O)CCN5CCCCC5)C(=O)O[C@H]5CC[C@@]6(C)C(=CC[C@H]7[C@@H]8CC[C@H]([C@H](C)CCCC(C)C)[C@@]8(C)CC[C@@H]76)C5)CC[C@]4(C)[C@H]3CC[C@]12C. The Morgan fingerprint density at radius 2 is 1.03 bits per heavy atom. The molecule has 1 aliphatic heterocycles. The number of hydrogen-bond acceptors (Lipinski definition) is 7. The molecule has 0 amide bonds. The van der Waals surface area contributed by atoms with E-state index in [4.69, 9.17) is 14.2 Å². The van der Waals surface area contributed by atoms with Crippen molar-refractivity contribution in [2.24, 2.45) is 92.7 Å². The number of esters is 3. The van der Waals surface area contributed by atoms with Crippen molar-refractivity contribution in [2.75, 3.05) is 19.6 Å². The topological polar surface area (TPSA) is 82.1 Å². The molecular formula is C65H105NO6. The highest BCUT2D eigenvalue weighted by atomic mass is 16.6. The van der Waals surface area contributed by atoms with Crippen LogP contribution in [0.4, 0.5) is 0 Å². The van der Waals surface area contributed by atoms with Crippen LogP contribution in [0, 0.1) is 92.7 Å². The molecule has 7 fully saturated rings. The Morgan fingerprint density at radius 3 is 1.47 bits per heavy atom. The van der Waals surface area contributed by atoms with Crippen LogP contribution in [0.2, 0.25) is 0 Å². The summed E-state index contributed by atoms with van der Waals surface area (Å²) in [5.41, 5.74) is 4.00. The smallest absolute Gasteiger partial charge is 0.359 e. The zero-order valence-corrected chi connectivity index (χ0v) is 47.7. The molecule has 406 valence electrons. The van der Waals surface area contributed by atoms with Crippen molar-refractivity contribution in [3.8, 4) is 0 Å². The highest BCUT2D eigenvalue weighted by Crippen LogP contribution is 2.69. The monoisotopic (exact) mass is 996 g/mol. The van der Waals surface area contributed by atoms with E-state index in [9.17, 15) is 14.4 Å². The summed E-state index contributed by atoms with van der Waals surface area (Å²) in [6.07, 6.45) is 32.4. The molecule has 8 aliphatic carbocycles. The van der Waals surface area contributed by atoms with Crippen molar-refractivity contribution in [2.45, 2.75) is 254 Å². The number of nitrogens with zero attached hydrogens (tertiary/aromatic N) is 1. The van der Waals surface area contributed by atoms with Crippen molar-refractivity contribution in [1.82, 2.24) is 4.90 Å². The lowest BCUT2D eigenvalue weighted by Crippen LogP contribution is -2.51. The minimum absolute atomic E-state index is 0.110. The van der Waals surface area contributed by atoms with Crippen molar-refractivity contribution in [1.29, 1.82) is 0 Å². The van der Waals surface area contributed by atoms with Crippen LogP contribution < -0.4 is 0 Å². The third-order valence-electron chi connectivity index (χ3n) is 23.8. The van der Waals surface area contributed by atoms with Gasteiger partial charge in [0.25, 0.3) is 6.10 Å². The van der Waals surface area contributed by atoms with Gasteiger partial charge in [-0.25, -0.2) is 9.59 Å². The van der Waals surface area contributed by atoms with Crippen molar-refractivity contribution >= 4 is 17.9 Å². The number of rotatable bonds is 18. The van der Waals surface area contributed by atoms with Gasteiger partial charge in [0.2, 0.25) is 0 Å². The molecular weight excluding hydrogens is 891 g/mol. The molecule has 0 aromatic heterocycles. The maximum absolute atomic E-state index is 14.4. The third kappa shape index (κ3) is 10.9. The Morgan fingerprint density at radius 1 is 0.569 bits per heavy atom. The van der Waals surface area contributed by atoms with E-state index in [0.717, 1.165) is 124 Å². The van der Waals surface area contributed by atoms with Crippen LogP contribution in [0.25, 0.3) is 0 Å². The fourth-order valence-corrected chi connectivity index (χ4v) is 19.8. The first kappa shape index (κ1) is 54.6. The van der Waals surface area contributed by atoms with Gasteiger partial charge in [-0.2, -0.15) is 0 Å². The highest BCUT2D eigenvalue weighted by Gasteiger charge is 2.61. The first-order valence-corrected chi connectivity index (χ1v) is 31.1. The molecule has 0 bridgehead atoms. The van der Waals surface area contributed by atoms with Crippen LogP contribution in [0.3, 0.4) is 0 Å². The van der Waals surface area contributed by atoms with E-state index in [-0.39, 0.29) is 29.5 Å². The summed E-state index contributed by atoms with van der Waals surface area (Å²) < 4.78 is 18.6. The van der Waals surface area contributed by atoms with E-state index in [2.05, 4.69) is 86.3 Å². The second kappa shape index (κ2) is 22.4. The Hall–Kier alpha value is -2.15. The Kier molecular flexibility index (Phi) is 17.0. The van der Waals surface area contributed by atoms with E-state index in [1.165, 1.54) is 107 Å². The average molecular weight is 997 g/mol. The van der Waals surface area contributed by atoms with Gasteiger partial charge in [-0.15, -0.1) is 0 Å². The summed E-state index contributed by atoms with van der Waals surface area (Å²) in [5.74, 6) is 7.19. The Labute approximate surface area is 439 Å². The summed E-state index contributed by atoms with van der Waals surface area (Å²) >= 11 is 0. The second-order valence-electron chi connectivity index (χ2n) is 28.7. The van der Waals surface area contributed by atoms with Gasteiger partial charge in [-0.05, 0) is 208 Å². The van der Waals surface area contributed by atoms with Crippen molar-refractivity contribution in [3.05, 3.63) is 23.3 Å². The molecule has 1 saturated heterocycles. The first-order valence-electron chi connectivity index (χ1n) is 31.1. The van der Waals surface area contributed by atoms with E-state index in [0.29, 0.717) is 42.1 Å². The number of ether oxygens (including phenoxy) is 3. The average Bonchev–Trinajstić information content (AvgIpc) is 3.89. The molecule has 0 aromatic carbocycles. The summed E-state index contributed by atoms with van der Waals surface area (Å²) in [6, 6.07) is 0. The van der Waals surface area contributed by atoms with Crippen LogP contribution in [0.5, 0.6) is 0 Å². The fraction of sp³-hybridized carbons (Fsp3) is 0.892. The van der Waals surface area contributed by atoms with Gasteiger partial charge in [-0.3, -0.25) is 4.79 Å². The second-order valence-corrected chi connectivity index (χ2v) is 28.7. The number of carbonyl (C=O) groups is 3. The van der Waals surface area contributed by atoms with Crippen LogP contribution >= 0.6 is 0 Å². The van der Waals surface area contributed by atoms with Gasteiger partial charge < -0.3 is 19.1 Å². The maximum atomic E-state index is 14.4. The Balaban J connectivity index is 0.834.